The van der Waals surface area contributed by atoms with Gasteiger partial charge in [0.2, 0.25) is 0 Å². The minimum Gasteiger partial charge on any atom is -0.497 e. The lowest BCUT2D eigenvalue weighted by Gasteiger charge is -2.14. The number of hydrogen-bond donors (Lipinski definition) is 1. The zero-order valence-corrected chi connectivity index (χ0v) is 17.3. The SMILES string of the molecule is COc1cc(CCC(=O)O[C@@H](C)C(=O)Nc2ccc3ccccc3c2)cc(OC)c1. The maximum atomic E-state index is 12.4. The topological polar surface area (TPSA) is 73.9 Å². The summed E-state index contributed by atoms with van der Waals surface area (Å²) in [5.41, 5.74) is 1.54. The van der Waals surface area contributed by atoms with Crippen LogP contribution in [-0.2, 0) is 20.7 Å². The summed E-state index contributed by atoms with van der Waals surface area (Å²) < 4.78 is 15.8. The lowest BCUT2D eigenvalue weighted by molar-refractivity contribution is -0.153. The maximum absolute atomic E-state index is 12.4. The number of fused-ring (bicyclic) bond motifs is 1. The number of ether oxygens (including phenoxy) is 3. The van der Waals surface area contributed by atoms with Gasteiger partial charge in [0.1, 0.15) is 11.5 Å². The van der Waals surface area contributed by atoms with Gasteiger partial charge in [0.25, 0.3) is 5.91 Å². The van der Waals surface area contributed by atoms with Crippen LogP contribution >= 0.6 is 0 Å². The number of rotatable bonds is 8. The molecule has 0 aromatic heterocycles. The lowest BCUT2D eigenvalue weighted by atomic mass is 10.1. The predicted molar refractivity (Wildman–Crippen MR) is 116 cm³/mol. The van der Waals surface area contributed by atoms with Gasteiger partial charge in [0, 0.05) is 18.2 Å². The van der Waals surface area contributed by atoms with E-state index < -0.39 is 12.1 Å². The highest BCUT2D eigenvalue weighted by molar-refractivity contribution is 5.97. The molecule has 0 fully saturated rings. The first-order valence-electron chi connectivity index (χ1n) is 9.69. The van der Waals surface area contributed by atoms with E-state index in [1.165, 1.54) is 0 Å². The molecular weight excluding hydrogens is 382 g/mol. The van der Waals surface area contributed by atoms with Gasteiger partial charge in [-0.3, -0.25) is 9.59 Å². The van der Waals surface area contributed by atoms with Crippen molar-refractivity contribution in [2.45, 2.75) is 25.9 Å². The Morgan fingerprint density at radius 2 is 1.57 bits per heavy atom. The molecule has 6 heteroatoms. The molecule has 0 saturated heterocycles. The molecule has 3 rings (SSSR count). The Morgan fingerprint density at radius 1 is 0.900 bits per heavy atom. The average molecular weight is 407 g/mol. The van der Waals surface area contributed by atoms with Gasteiger partial charge in [-0.1, -0.05) is 30.3 Å². The van der Waals surface area contributed by atoms with Crippen LogP contribution in [0.3, 0.4) is 0 Å². The van der Waals surface area contributed by atoms with Crippen LogP contribution in [0.15, 0.2) is 60.7 Å². The Balaban J connectivity index is 1.53. The monoisotopic (exact) mass is 407 g/mol. The molecule has 0 bridgehead atoms. The van der Waals surface area contributed by atoms with Gasteiger partial charge in [-0.15, -0.1) is 0 Å². The molecule has 3 aromatic carbocycles. The Kier molecular flexibility index (Phi) is 6.91. The van der Waals surface area contributed by atoms with Crippen molar-refractivity contribution >= 4 is 28.3 Å². The Labute approximate surface area is 175 Å². The van der Waals surface area contributed by atoms with Gasteiger partial charge in [0.15, 0.2) is 6.10 Å². The second-order valence-corrected chi connectivity index (χ2v) is 6.90. The number of hydrogen-bond acceptors (Lipinski definition) is 5. The van der Waals surface area contributed by atoms with Crippen molar-refractivity contribution in [2.75, 3.05) is 19.5 Å². The first-order valence-corrected chi connectivity index (χ1v) is 9.69. The first-order chi connectivity index (χ1) is 14.5. The summed E-state index contributed by atoms with van der Waals surface area (Å²) in [6.07, 6.45) is -0.307. The molecule has 1 amide bonds. The number of aryl methyl sites for hydroxylation is 1. The zero-order chi connectivity index (χ0) is 21.5. The molecule has 0 unspecified atom stereocenters. The van der Waals surface area contributed by atoms with Crippen LogP contribution in [0.25, 0.3) is 10.8 Å². The van der Waals surface area contributed by atoms with Crippen LogP contribution in [-0.4, -0.2) is 32.2 Å². The molecule has 0 radical (unpaired) electrons. The second kappa shape index (κ2) is 9.78. The molecular formula is C24H25NO5. The molecule has 0 spiro atoms. The molecule has 0 aliphatic heterocycles. The number of carbonyl (C=O) groups excluding carboxylic acids is 2. The van der Waals surface area contributed by atoms with Crippen molar-refractivity contribution in [1.29, 1.82) is 0 Å². The number of anilines is 1. The van der Waals surface area contributed by atoms with E-state index in [0.717, 1.165) is 16.3 Å². The molecule has 0 heterocycles. The quantitative estimate of drug-likeness (QED) is 0.562. The minimum absolute atomic E-state index is 0.143. The summed E-state index contributed by atoms with van der Waals surface area (Å²) in [5.74, 6) is 0.487. The van der Waals surface area contributed by atoms with Gasteiger partial charge < -0.3 is 19.5 Å². The fourth-order valence-corrected chi connectivity index (χ4v) is 3.08. The normalized spacial score (nSPS) is 11.6. The van der Waals surface area contributed by atoms with Crippen molar-refractivity contribution in [3.8, 4) is 11.5 Å². The van der Waals surface area contributed by atoms with E-state index >= 15 is 0 Å². The van der Waals surface area contributed by atoms with Gasteiger partial charge in [-0.25, -0.2) is 0 Å². The molecule has 6 nitrogen and oxygen atoms in total. The summed E-state index contributed by atoms with van der Waals surface area (Å²) in [6.45, 7) is 1.56. The van der Waals surface area contributed by atoms with Crippen LogP contribution in [0.5, 0.6) is 11.5 Å². The van der Waals surface area contributed by atoms with E-state index in [4.69, 9.17) is 14.2 Å². The van der Waals surface area contributed by atoms with E-state index in [0.29, 0.717) is 23.6 Å². The second-order valence-electron chi connectivity index (χ2n) is 6.90. The highest BCUT2D eigenvalue weighted by atomic mass is 16.5. The van der Waals surface area contributed by atoms with E-state index in [9.17, 15) is 9.59 Å². The number of esters is 1. The van der Waals surface area contributed by atoms with Crippen LogP contribution in [0.1, 0.15) is 18.9 Å². The summed E-state index contributed by atoms with van der Waals surface area (Å²) in [6, 6.07) is 19.0. The smallest absolute Gasteiger partial charge is 0.306 e. The number of benzene rings is 3. The number of amides is 1. The number of carbonyl (C=O) groups is 2. The summed E-state index contributed by atoms with van der Waals surface area (Å²) in [4.78, 5) is 24.6. The Hall–Kier alpha value is -3.54. The van der Waals surface area contributed by atoms with E-state index in [-0.39, 0.29) is 12.3 Å². The van der Waals surface area contributed by atoms with E-state index in [1.807, 2.05) is 54.6 Å². The highest BCUT2D eigenvalue weighted by Gasteiger charge is 2.18. The molecule has 156 valence electrons. The third kappa shape index (κ3) is 5.50. The third-order valence-corrected chi connectivity index (χ3v) is 4.72. The summed E-state index contributed by atoms with van der Waals surface area (Å²) in [5, 5.41) is 4.90. The fraction of sp³-hybridized carbons (Fsp3) is 0.250. The van der Waals surface area contributed by atoms with Crippen molar-refractivity contribution in [3.63, 3.8) is 0 Å². The number of methoxy groups -OCH3 is 2. The standard InChI is InChI=1S/C24H25NO5/c1-16(24(27)25-20-10-9-18-6-4-5-7-19(18)14-20)30-23(26)11-8-17-12-21(28-2)15-22(13-17)29-3/h4-7,9-10,12-16H,8,11H2,1-3H3,(H,25,27)/t16-/m0/s1. The Morgan fingerprint density at radius 3 is 2.23 bits per heavy atom. The fourth-order valence-electron chi connectivity index (χ4n) is 3.08. The number of nitrogens with one attached hydrogen (secondary N) is 1. The zero-order valence-electron chi connectivity index (χ0n) is 17.3. The predicted octanol–water partition coefficient (Wildman–Crippen LogP) is 4.36. The molecule has 0 aliphatic carbocycles. The lowest BCUT2D eigenvalue weighted by Crippen LogP contribution is -2.30. The van der Waals surface area contributed by atoms with Gasteiger partial charge in [-0.2, -0.15) is 0 Å². The third-order valence-electron chi connectivity index (χ3n) is 4.72. The van der Waals surface area contributed by atoms with E-state index in [1.54, 1.807) is 27.2 Å². The molecule has 1 N–H and O–H groups in total. The summed E-state index contributed by atoms with van der Waals surface area (Å²) in [7, 11) is 3.14. The van der Waals surface area contributed by atoms with Crippen molar-refractivity contribution < 1.29 is 23.8 Å². The largest absolute Gasteiger partial charge is 0.497 e. The van der Waals surface area contributed by atoms with Crippen LogP contribution in [0.2, 0.25) is 0 Å². The molecule has 0 aliphatic rings. The summed E-state index contributed by atoms with van der Waals surface area (Å²) >= 11 is 0. The molecule has 0 saturated carbocycles. The average Bonchev–Trinajstić information content (AvgIpc) is 2.77. The minimum atomic E-state index is -0.899. The van der Waals surface area contributed by atoms with E-state index in [2.05, 4.69) is 5.32 Å². The molecule has 1 atom stereocenters. The van der Waals surface area contributed by atoms with Crippen LogP contribution in [0.4, 0.5) is 5.69 Å². The van der Waals surface area contributed by atoms with Crippen LogP contribution < -0.4 is 14.8 Å². The van der Waals surface area contributed by atoms with Gasteiger partial charge >= 0.3 is 5.97 Å². The van der Waals surface area contributed by atoms with Crippen molar-refractivity contribution in [1.82, 2.24) is 0 Å². The van der Waals surface area contributed by atoms with Crippen LogP contribution in [0, 0.1) is 0 Å². The van der Waals surface area contributed by atoms with Gasteiger partial charge in [-0.05, 0) is 53.9 Å². The molecule has 3 aromatic rings. The van der Waals surface area contributed by atoms with Gasteiger partial charge in [0.05, 0.1) is 14.2 Å². The van der Waals surface area contributed by atoms with Crippen molar-refractivity contribution in [2.24, 2.45) is 0 Å². The molecule has 30 heavy (non-hydrogen) atoms. The maximum Gasteiger partial charge on any atom is 0.306 e. The first kappa shape index (κ1) is 21.2. The highest BCUT2D eigenvalue weighted by Crippen LogP contribution is 2.23. The van der Waals surface area contributed by atoms with Crippen molar-refractivity contribution in [3.05, 3.63) is 66.2 Å². The Bertz CT molecular complexity index is 1020.